The minimum absolute atomic E-state index is 0.258. The van der Waals surface area contributed by atoms with Crippen LogP contribution in [0.3, 0.4) is 0 Å². The molecule has 0 saturated carbocycles. The maximum absolute atomic E-state index is 10.8. The molecule has 0 saturated heterocycles. The van der Waals surface area contributed by atoms with Crippen LogP contribution in [0, 0.1) is 5.41 Å². The summed E-state index contributed by atoms with van der Waals surface area (Å²) < 4.78 is 5.12. The number of ether oxygens (including phenoxy) is 1. The predicted octanol–water partition coefficient (Wildman–Crippen LogP) is 2.84. The fourth-order valence-electron chi connectivity index (χ4n) is 1.04. The van der Waals surface area contributed by atoms with Crippen molar-refractivity contribution >= 4 is 12.2 Å². The van der Waals surface area contributed by atoms with Crippen LogP contribution in [0.5, 0.6) is 0 Å². The van der Waals surface area contributed by atoms with Crippen molar-refractivity contribution in [3.8, 4) is 0 Å². The van der Waals surface area contributed by atoms with Gasteiger partial charge in [0.05, 0.1) is 6.54 Å². The Morgan fingerprint density at radius 3 is 2.20 bits per heavy atom. The van der Waals surface area contributed by atoms with Crippen molar-refractivity contribution in [1.29, 1.82) is 0 Å². The number of hydrogen-bond acceptors (Lipinski definition) is 3. The lowest BCUT2D eigenvalue weighted by atomic mass is 9.93. The van der Waals surface area contributed by atoms with Crippen LogP contribution in [0.1, 0.15) is 48.0 Å². The smallest absolute Gasteiger partial charge is 0.303 e. The first-order valence-electron chi connectivity index (χ1n) is 5.30. The molecular weight excluding hydrogens is 190 g/mol. The molecule has 0 aromatic carbocycles. The second-order valence-corrected chi connectivity index (χ2v) is 5.64. The zero-order chi connectivity index (χ0) is 12.1. The molecule has 0 amide bonds. The summed E-state index contributed by atoms with van der Waals surface area (Å²) in [7, 11) is 0. The van der Waals surface area contributed by atoms with Crippen LogP contribution >= 0.6 is 0 Å². The number of rotatable bonds is 4. The molecule has 3 heteroatoms. The molecule has 0 aliphatic rings. The Labute approximate surface area is 92.9 Å². The number of esters is 1. The van der Waals surface area contributed by atoms with E-state index in [4.69, 9.17) is 4.74 Å². The van der Waals surface area contributed by atoms with Crippen molar-refractivity contribution in [3.63, 3.8) is 0 Å². The maximum Gasteiger partial charge on any atom is 0.303 e. The van der Waals surface area contributed by atoms with Gasteiger partial charge in [-0.05, 0) is 31.9 Å². The van der Waals surface area contributed by atoms with E-state index in [9.17, 15) is 4.79 Å². The van der Waals surface area contributed by atoms with Gasteiger partial charge in [-0.3, -0.25) is 9.79 Å². The van der Waals surface area contributed by atoms with Crippen molar-refractivity contribution in [2.45, 2.75) is 53.6 Å². The molecule has 0 atom stereocenters. The molecule has 88 valence electrons. The molecular formula is C12H23NO2. The van der Waals surface area contributed by atoms with Crippen molar-refractivity contribution in [1.82, 2.24) is 0 Å². The highest BCUT2D eigenvalue weighted by Crippen LogP contribution is 2.16. The third-order valence-electron chi connectivity index (χ3n) is 1.72. The van der Waals surface area contributed by atoms with E-state index in [-0.39, 0.29) is 11.4 Å². The molecule has 0 rings (SSSR count). The van der Waals surface area contributed by atoms with E-state index in [1.54, 1.807) is 0 Å². The lowest BCUT2D eigenvalue weighted by molar-refractivity contribution is -0.152. The van der Waals surface area contributed by atoms with Crippen molar-refractivity contribution in [3.05, 3.63) is 0 Å². The van der Waals surface area contributed by atoms with Gasteiger partial charge in [-0.15, -0.1) is 0 Å². The summed E-state index contributed by atoms with van der Waals surface area (Å²) in [4.78, 5) is 15.1. The van der Waals surface area contributed by atoms with E-state index in [1.807, 2.05) is 20.1 Å². The van der Waals surface area contributed by atoms with Crippen LogP contribution in [-0.4, -0.2) is 24.3 Å². The first-order valence-corrected chi connectivity index (χ1v) is 5.30. The molecule has 3 nitrogen and oxygen atoms in total. The molecule has 0 aliphatic carbocycles. The molecule has 0 radical (unpaired) electrons. The zero-order valence-electron chi connectivity index (χ0n) is 10.8. The van der Waals surface area contributed by atoms with Crippen LogP contribution in [0.15, 0.2) is 4.99 Å². The highest BCUT2D eigenvalue weighted by Gasteiger charge is 2.20. The Bertz CT molecular complexity index is 236. The molecule has 0 aromatic heterocycles. The lowest BCUT2D eigenvalue weighted by Crippen LogP contribution is -2.30. The molecule has 0 bridgehead atoms. The lowest BCUT2D eigenvalue weighted by Gasteiger charge is -2.22. The van der Waals surface area contributed by atoms with Crippen molar-refractivity contribution < 1.29 is 9.53 Å². The van der Waals surface area contributed by atoms with Gasteiger partial charge in [0.15, 0.2) is 0 Å². The molecule has 15 heavy (non-hydrogen) atoms. The Morgan fingerprint density at radius 1 is 1.27 bits per heavy atom. The first kappa shape index (κ1) is 14.1. The largest absolute Gasteiger partial charge is 0.458 e. The predicted molar refractivity (Wildman–Crippen MR) is 63.3 cm³/mol. The van der Waals surface area contributed by atoms with Gasteiger partial charge in [0.2, 0.25) is 0 Å². The Kier molecular flexibility index (Phi) is 4.98. The summed E-state index contributed by atoms with van der Waals surface area (Å²) in [6.07, 6.45) is 2.84. The number of nitrogens with zero attached hydrogens (tertiary/aromatic N) is 1. The fourth-order valence-corrected chi connectivity index (χ4v) is 1.04. The zero-order valence-corrected chi connectivity index (χ0v) is 10.8. The highest BCUT2D eigenvalue weighted by atomic mass is 16.6. The standard InChI is InChI=1S/C12H23NO2/c1-10(14)15-12(5,6)9-13-8-7-11(2,3)4/h8H,7,9H2,1-6H3. The van der Waals surface area contributed by atoms with Gasteiger partial charge in [-0.1, -0.05) is 20.8 Å². The van der Waals surface area contributed by atoms with Gasteiger partial charge in [-0.2, -0.15) is 0 Å². The van der Waals surface area contributed by atoms with Gasteiger partial charge in [0, 0.05) is 6.92 Å². The monoisotopic (exact) mass is 213 g/mol. The second kappa shape index (κ2) is 5.29. The summed E-state index contributed by atoms with van der Waals surface area (Å²) in [6.45, 7) is 12.2. The van der Waals surface area contributed by atoms with E-state index < -0.39 is 5.60 Å². The minimum Gasteiger partial charge on any atom is -0.458 e. The normalized spacial score (nSPS) is 13.2. The van der Waals surface area contributed by atoms with Crippen LogP contribution in [0.25, 0.3) is 0 Å². The van der Waals surface area contributed by atoms with Gasteiger partial charge < -0.3 is 4.74 Å². The number of carbonyl (C=O) groups excluding carboxylic acids is 1. The van der Waals surface area contributed by atoms with Crippen molar-refractivity contribution in [2.24, 2.45) is 10.4 Å². The highest BCUT2D eigenvalue weighted by molar-refractivity contribution is 5.66. The van der Waals surface area contributed by atoms with Crippen LogP contribution in [0.2, 0.25) is 0 Å². The number of hydrogen-bond donors (Lipinski definition) is 0. The third-order valence-corrected chi connectivity index (χ3v) is 1.72. The Hall–Kier alpha value is -0.860. The Balaban J connectivity index is 3.98. The summed E-state index contributed by atoms with van der Waals surface area (Å²) in [5.41, 5.74) is -0.241. The average molecular weight is 213 g/mol. The molecule has 0 spiro atoms. The van der Waals surface area contributed by atoms with E-state index >= 15 is 0 Å². The summed E-state index contributed by atoms with van der Waals surface area (Å²) >= 11 is 0. The van der Waals surface area contributed by atoms with E-state index in [2.05, 4.69) is 25.8 Å². The first-order chi connectivity index (χ1) is 6.62. The average Bonchev–Trinajstić information content (AvgIpc) is 1.93. The second-order valence-electron chi connectivity index (χ2n) is 5.64. The molecule has 0 fully saturated rings. The molecule has 0 aromatic rings. The van der Waals surface area contributed by atoms with E-state index in [0.29, 0.717) is 6.54 Å². The Morgan fingerprint density at radius 2 is 1.80 bits per heavy atom. The van der Waals surface area contributed by atoms with Crippen molar-refractivity contribution in [2.75, 3.05) is 6.54 Å². The maximum atomic E-state index is 10.8. The van der Waals surface area contributed by atoms with Gasteiger partial charge >= 0.3 is 5.97 Å². The van der Waals surface area contributed by atoms with Crippen LogP contribution in [-0.2, 0) is 9.53 Å². The summed E-state index contributed by atoms with van der Waals surface area (Å²) in [6, 6.07) is 0. The number of carbonyl (C=O) groups is 1. The third kappa shape index (κ3) is 9.44. The molecule has 0 N–H and O–H groups in total. The van der Waals surface area contributed by atoms with E-state index in [0.717, 1.165) is 6.42 Å². The summed E-state index contributed by atoms with van der Waals surface area (Å²) in [5, 5.41) is 0. The van der Waals surface area contributed by atoms with Gasteiger partial charge in [-0.25, -0.2) is 0 Å². The fraction of sp³-hybridized carbons (Fsp3) is 0.833. The molecule has 0 aliphatic heterocycles. The summed E-state index contributed by atoms with van der Waals surface area (Å²) in [5.74, 6) is -0.258. The molecule has 0 unspecified atom stereocenters. The molecule has 0 heterocycles. The topological polar surface area (TPSA) is 38.7 Å². The van der Waals surface area contributed by atoms with Crippen LogP contribution < -0.4 is 0 Å². The van der Waals surface area contributed by atoms with E-state index in [1.165, 1.54) is 6.92 Å². The number of aliphatic imine (C=N–C) groups is 1. The minimum atomic E-state index is -0.500. The van der Waals surface area contributed by atoms with Gasteiger partial charge in [0.1, 0.15) is 5.60 Å². The van der Waals surface area contributed by atoms with Gasteiger partial charge in [0.25, 0.3) is 0 Å². The SMILES string of the molecule is CC(=O)OC(C)(C)CN=CCC(C)(C)C. The quantitative estimate of drug-likeness (QED) is 0.532. The van der Waals surface area contributed by atoms with Crippen LogP contribution in [0.4, 0.5) is 0 Å².